The Balaban J connectivity index is 2.67. The summed E-state index contributed by atoms with van der Waals surface area (Å²) in [6.07, 6.45) is 0. The van der Waals surface area contributed by atoms with Gasteiger partial charge in [0.2, 0.25) is 6.04 Å². The molecule has 0 aromatic heterocycles. The minimum atomic E-state index is -0.975. The molecule has 0 heterocycles. The van der Waals surface area contributed by atoms with Crippen LogP contribution in [-0.4, -0.2) is 28.5 Å². The second-order valence-electron chi connectivity index (χ2n) is 4.08. The topological polar surface area (TPSA) is 69.4 Å². The van der Waals surface area contributed by atoms with Crippen molar-refractivity contribution in [2.75, 3.05) is 12.4 Å². The van der Waals surface area contributed by atoms with E-state index in [1.807, 2.05) is 0 Å². The third kappa shape index (κ3) is 4.80. The van der Waals surface area contributed by atoms with E-state index in [2.05, 4.69) is 0 Å². The van der Waals surface area contributed by atoms with Gasteiger partial charge in [-0.25, -0.2) is 4.39 Å². The van der Waals surface area contributed by atoms with Crippen LogP contribution in [-0.2, 0) is 9.53 Å². The Kier molecular flexibility index (Phi) is 6.44. The summed E-state index contributed by atoms with van der Waals surface area (Å²) in [6, 6.07) is 4.17. The Morgan fingerprint density at radius 2 is 2.05 bits per heavy atom. The zero-order valence-corrected chi connectivity index (χ0v) is 12.1. The van der Waals surface area contributed by atoms with Crippen molar-refractivity contribution in [1.82, 2.24) is 0 Å². The van der Waals surface area contributed by atoms with Crippen molar-refractivity contribution in [3.63, 3.8) is 0 Å². The molecule has 0 amide bonds. The van der Waals surface area contributed by atoms with Crippen LogP contribution < -0.4 is 0 Å². The molecule has 7 heteroatoms. The molecular formula is C13H16FNO4S. The summed E-state index contributed by atoms with van der Waals surface area (Å²) in [6.45, 7) is 3.62. The summed E-state index contributed by atoms with van der Waals surface area (Å²) in [5, 5.41) is 10.6. The highest BCUT2D eigenvalue weighted by atomic mass is 32.2. The molecule has 1 aromatic carbocycles. The molecule has 0 aliphatic rings. The number of carbonyl (C=O) groups is 1. The molecule has 1 rings (SSSR count). The van der Waals surface area contributed by atoms with Crippen LogP contribution in [0.4, 0.5) is 4.39 Å². The molecule has 0 fully saturated rings. The Labute approximate surface area is 120 Å². The van der Waals surface area contributed by atoms with E-state index >= 15 is 0 Å². The normalized spacial score (nSPS) is 13.6. The molecule has 5 nitrogen and oxygen atoms in total. The highest BCUT2D eigenvalue weighted by Gasteiger charge is 2.26. The highest BCUT2D eigenvalue weighted by molar-refractivity contribution is 8.00. The molecule has 20 heavy (non-hydrogen) atoms. The molecule has 0 spiro atoms. The molecule has 0 aliphatic carbocycles. The zero-order chi connectivity index (χ0) is 15.1. The number of rotatable bonds is 7. The van der Waals surface area contributed by atoms with E-state index in [9.17, 15) is 19.3 Å². The van der Waals surface area contributed by atoms with Gasteiger partial charge in [0.25, 0.3) is 0 Å². The van der Waals surface area contributed by atoms with E-state index in [1.165, 1.54) is 24.3 Å². The first-order valence-corrected chi connectivity index (χ1v) is 7.17. The summed E-state index contributed by atoms with van der Waals surface area (Å²) >= 11 is 1.15. The van der Waals surface area contributed by atoms with Crippen LogP contribution in [0.25, 0.3) is 0 Å². The van der Waals surface area contributed by atoms with Crippen LogP contribution in [0.2, 0.25) is 0 Å². The molecule has 2 atom stereocenters. The first kappa shape index (κ1) is 16.4. The molecule has 0 bridgehead atoms. The number of hydrogen-bond acceptors (Lipinski definition) is 5. The van der Waals surface area contributed by atoms with Gasteiger partial charge in [-0.2, -0.15) is 0 Å². The lowest BCUT2D eigenvalue weighted by atomic mass is 10.1. The number of hydrogen-bond donors (Lipinski definition) is 0. The van der Waals surface area contributed by atoms with Crippen molar-refractivity contribution in [3.05, 3.63) is 45.8 Å². The van der Waals surface area contributed by atoms with Gasteiger partial charge < -0.3 is 4.74 Å². The van der Waals surface area contributed by atoms with Gasteiger partial charge in [-0.15, -0.1) is 11.8 Å². The largest absolute Gasteiger partial charge is 0.465 e. The number of nitro groups is 1. The predicted molar refractivity (Wildman–Crippen MR) is 74.7 cm³/mol. The van der Waals surface area contributed by atoms with E-state index in [1.54, 1.807) is 13.8 Å². The first-order valence-electron chi connectivity index (χ1n) is 6.13. The van der Waals surface area contributed by atoms with Crippen molar-refractivity contribution >= 4 is 17.7 Å². The Morgan fingerprint density at radius 3 is 2.55 bits per heavy atom. The summed E-state index contributed by atoms with van der Waals surface area (Å²) in [5.74, 6) is -0.708. The Hall–Kier alpha value is -1.63. The minimum Gasteiger partial charge on any atom is -0.465 e. The summed E-state index contributed by atoms with van der Waals surface area (Å²) in [4.78, 5) is 22.1. The molecule has 0 N–H and O–H groups in total. The van der Waals surface area contributed by atoms with Gasteiger partial charge in [-0.1, -0.05) is 0 Å². The highest BCUT2D eigenvalue weighted by Crippen LogP contribution is 2.24. The molecule has 2 unspecified atom stereocenters. The van der Waals surface area contributed by atoms with Crippen molar-refractivity contribution in [1.29, 1.82) is 0 Å². The molecule has 0 saturated carbocycles. The van der Waals surface area contributed by atoms with Crippen molar-refractivity contribution in [2.24, 2.45) is 0 Å². The summed E-state index contributed by atoms with van der Waals surface area (Å²) in [5.41, 5.74) is 0.417. The lowest BCUT2D eigenvalue weighted by molar-refractivity contribution is -0.522. The van der Waals surface area contributed by atoms with Crippen molar-refractivity contribution in [2.45, 2.75) is 25.1 Å². The van der Waals surface area contributed by atoms with Crippen molar-refractivity contribution in [3.8, 4) is 0 Å². The number of thioether (sulfide) groups is 1. The monoisotopic (exact) mass is 301 g/mol. The van der Waals surface area contributed by atoms with E-state index in [0.29, 0.717) is 5.56 Å². The zero-order valence-electron chi connectivity index (χ0n) is 11.2. The molecule has 110 valence electrons. The first-order chi connectivity index (χ1) is 9.45. The number of halogens is 1. The van der Waals surface area contributed by atoms with E-state index in [0.717, 1.165) is 11.8 Å². The predicted octanol–water partition coefficient (Wildman–Crippen LogP) is 2.83. The standard InChI is InChI=1S/C13H16FNO4S/c1-3-19-13(16)9(2)20-8-12(15(17)18)10-4-6-11(14)7-5-10/h4-7,9,12H,3,8H2,1-2H3. The van der Waals surface area contributed by atoms with E-state index < -0.39 is 28.0 Å². The average molecular weight is 301 g/mol. The second kappa shape index (κ2) is 7.84. The fourth-order valence-electron chi connectivity index (χ4n) is 1.53. The number of carbonyl (C=O) groups excluding carboxylic acids is 1. The van der Waals surface area contributed by atoms with Gasteiger partial charge in [0, 0.05) is 10.5 Å². The lowest BCUT2D eigenvalue weighted by Gasteiger charge is -2.13. The van der Waals surface area contributed by atoms with Crippen LogP contribution in [0.3, 0.4) is 0 Å². The van der Waals surface area contributed by atoms with Gasteiger partial charge in [-0.3, -0.25) is 14.9 Å². The fourth-order valence-corrected chi connectivity index (χ4v) is 2.52. The smallest absolute Gasteiger partial charge is 0.318 e. The molecular weight excluding hydrogens is 285 g/mol. The van der Waals surface area contributed by atoms with E-state index in [4.69, 9.17) is 4.74 Å². The maximum Gasteiger partial charge on any atom is 0.318 e. The van der Waals surface area contributed by atoms with Gasteiger partial charge >= 0.3 is 5.97 Å². The fraction of sp³-hybridized carbons (Fsp3) is 0.462. The number of benzene rings is 1. The van der Waals surface area contributed by atoms with Crippen LogP contribution >= 0.6 is 11.8 Å². The molecule has 0 saturated heterocycles. The third-order valence-electron chi connectivity index (χ3n) is 2.63. The minimum absolute atomic E-state index is 0.124. The average Bonchev–Trinajstić information content (AvgIpc) is 2.40. The van der Waals surface area contributed by atoms with Crippen LogP contribution in [0.5, 0.6) is 0 Å². The Morgan fingerprint density at radius 1 is 1.45 bits per heavy atom. The third-order valence-corrected chi connectivity index (χ3v) is 3.83. The van der Waals surface area contributed by atoms with Crippen LogP contribution in [0, 0.1) is 15.9 Å². The number of esters is 1. The van der Waals surface area contributed by atoms with Gasteiger partial charge in [0.15, 0.2) is 0 Å². The van der Waals surface area contributed by atoms with E-state index in [-0.39, 0.29) is 12.4 Å². The summed E-state index contributed by atoms with van der Waals surface area (Å²) < 4.78 is 17.7. The maximum atomic E-state index is 12.8. The van der Waals surface area contributed by atoms with Crippen LogP contribution in [0.1, 0.15) is 25.5 Å². The molecule has 0 aliphatic heterocycles. The molecule has 0 radical (unpaired) electrons. The van der Waals surface area contributed by atoms with Gasteiger partial charge in [0.05, 0.1) is 17.6 Å². The molecule has 1 aromatic rings. The SMILES string of the molecule is CCOC(=O)C(C)SCC(c1ccc(F)cc1)[N+](=O)[O-]. The second-order valence-corrected chi connectivity index (χ2v) is 5.45. The van der Waals surface area contributed by atoms with Crippen molar-refractivity contribution < 1.29 is 18.8 Å². The van der Waals surface area contributed by atoms with Gasteiger partial charge in [0.1, 0.15) is 5.82 Å². The maximum absolute atomic E-state index is 12.8. The quantitative estimate of drug-likeness (QED) is 0.440. The Bertz CT molecular complexity index is 466. The van der Waals surface area contributed by atoms with Crippen LogP contribution in [0.15, 0.2) is 24.3 Å². The van der Waals surface area contributed by atoms with Gasteiger partial charge in [-0.05, 0) is 38.1 Å². The summed E-state index contributed by atoms with van der Waals surface area (Å²) in [7, 11) is 0. The number of ether oxygens (including phenoxy) is 1. The lowest BCUT2D eigenvalue weighted by Crippen LogP contribution is -2.20. The number of nitrogens with zero attached hydrogens (tertiary/aromatic N) is 1.